The van der Waals surface area contributed by atoms with Gasteiger partial charge in [0.25, 0.3) is 0 Å². The van der Waals surface area contributed by atoms with E-state index in [9.17, 15) is 14.9 Å². The molecule has 1 amide bonds. The Morgan fingerprint density at radius 3 is 2.69 bits per heavy atom. The van der Waals surface area contributed by atoms with Crippen LogP contribution in [-0.2, 0) is 17.9 Å². The molecule has 0 saturated carbocycles. The molecule has 0 saturated heterocycles. The maximum absolute atomic E-state index is 12.0. The third kappa shape index (κ3) is 4.12. The molecule has 0 atom stereocenters. The van der Waals surface area contributed by atoms with Crippen LogP contribution in [0.25, 0.3) is 11.3 Å². The zero-order valence-electron chi connectivity index (χ0n) is 14.2. The Kier molecular flexibility index (Phi) is 5.07. The average molecular weight is 354 g/mol. The number of nitrogens with one attached hydrogen (secondary N) is 2. The number of imidazole rings is 1. The summed E-state index contributed by atoms with van der Waals surface area (Å²) in [7, 11) is 0. The highest BCUT2D eigenvalue weighted by Crippen LogP contribution is 2.16. The topological polar surface area (TPSA) is 119 Å². The lowest BCUT2D eigenvalue weighted by molar-refractivity contribution is -0.389. The molecule has 9 nitrogen and oxygen atoms in total. The summed E-state index contributed by atoms with van der Waals surface area (Å²) in [6.07, 6.45) is 3.26. The predicted molar refractivity (Wildman–Crippen MR) is 94.1 cm³/mol. The number of aromatic amines is 1. The van der Waals surface area contributed by atoms with Crippen molar-refractivity contribution >= 4 is 11.7 Å². The lowest BCUT2D eigenvalue weighted by atomic mass is 10.1. The molecule has 0 aliphatic rings. The van der Waals surface area contributed by atoms with E-state index in [0.717, 1.165) is 16.8 Å². The summed E-state index contributed by atoms with van der Waals surface area (Å²) >= 11 is 0. The number of H-pyrrole nitrogens is 1. The third-order valence-corrected chi connectivity index (χ3v) is 3.99. The quantitative estimate of drug-likeness (QED) is 0.498. The van der Waals surface area contributed by atoms with Gasteiger partial charge in [-0.05, 0) is 27.1 Å². The highest BCUT2D eigenvalue weighted by atomic mass is 16.6. The Morgan fingerprint density at radius 2 is 2.08 bits per heavy atom. The smallest absolute Gasteiger partial charge is 0.358 e. The second-order valence-corrected chi connectivity index (χ2v) is 5.79. The lowest BCUT2D eigenvalue weighted by Gasteiger charge is -2.07. The van der Waals surface area contributed by atoms with Crippen LogP contribution in [0.5, 0.6) is 0 Å². The second kappa shape index (κ2) is 7.60. The van der Waals surface area contributed by atoms with Gasteiger partial charge >= 0.3 is 5.82 Å². The van der Waals surface area contributed by atoms with Gasteiger partial charge in [0.15, 0.2) is 0 Å². The first-order valence-corrected chi connectivity index (χ1v) is 8.06. The van der Waals surface area contributed by atoms with Crippen molar-refractivity contribution in [2.75, 3.05) is 0 Å². The Morgan fingerprint density at radius 1 is 1.31 bits per heavy atom. The van der Waals surface area contributed by atoms with Gasteiger partial charge in [0, 0.05) is 32.6 Å². The number of hydrogen-bond donors (Lipinski definition) is 2. The van der Waals surface area contributed by atoms with Crippen LogP contribution in [0.1, 0.15) is 17.8 Å². The van der Waals surface area contributed by atoms with E-state index in [2.05, 4.69) is 20.5 Å². The van der Waals surface area contributed by atoms with E-state index in [1.807, 2.05) is 30.3 Å². The van der Waals surface area contributed by atoms with Crippen molar-refractivity contribution in [1.82, 2.24) is 25.1 Å². The van der Waals surface area contributed by atoms with Gasteiger partial charge in [-0.3, -0.25) is 9.89 Å². The number of aryl methyl sites for hydroxylation is 2. The fourth-order valence-electron chi connectivity index (χ4n) is 2.54. The van der Waals surface area contributed by atoms with Crippen LogP contribution < -0.4 is 5.32 Å². The maximum atomic E-state index is 12.0. The molecule has 2 N–H and O–H groups in total. The number of nitro groups is 1. The second-order valence-electron chi connectivity index (χ2n) is 5.79. The first-order valence-electron chi connectivity index (χ1n) is 8.06. The van der Waals surface area contributed by atoms with Crippen molar-refractivity contribution in [1.29, 1.82) is 0 Å². The van der Waals surface area contributed by atoms with Gasteiger partial charge in [0.05, 0.1) is 5.69 Å². The summed E-state index contributed by atoms with van der Waals surface area (Å²) in [5.74, 6) is 0.178. The molecule has 2 aromatic heterocycles. The van der Waals surface area contributed by atoms with Crippen LogP contribution in [0, 0.1) is 17.0 Å². The molecule has 134 valence electrons. The Bertz CT molecular complexity index is 899. The molecular weight excluding hydrogens is 336 g/mol. The molecule has 2 heterocycles. The minimum absolute atomic E-state index is 0.126. The number of nitrogens with zero attached hydrogens (tertiary/aromatic N) is 4. The molecular formula is C17H18N6O3. The van der Waals surface area contributed by atoms with Gasteiger partial charge in [-0.25, -0.2) is 0 Å². The monoisotopic (exact) mass is 354 g/mol. The standard InChI is InChI=1S/C17H18N6O3/c1-12-20-16(23(25)26)11-22(12)9-7-17(24)18-10-13-2-4-14(5-3-13)15-6-8-19-21-15/h2-6,8,11H,7,9-10H2,1H3,(H,18,24)(H,19,21). The van der Waals surface area contributed by atoms with Crippen molar-refractivity contribution in [3.8, 4) is 11.3 Å². The lowest BCUT2D eigenvalue weighted by Crippen LogP contribution is -2.24. The number of rotatable bonds is 7. The van der Waals surface area contributed by atoms with Crippen molar-refractivity contribution in [2.24, 2.45) is 0 Å². The average Bonchev–Trinajstić information content (AvgIpc) is 3.28. The first-order chi connectivity index (χ1) is 12.5. The summed E-state index contributed by atoms with van der Waals surface area (Å²) in [6, 6.07) is 9.70. The highest BCUT2D eigenvalue weighted by Gasteiger charge is 2.15. The third-order valence-electron chi connectivity index (χ3n) is 3.99. The fraction of sp³-hybridized carbons (Fsp3) is 0.235. The molecule has 9 heteroatoms. The number of hydrogen-bond acceptors (Lipinski definition) is 5. The number of carbonyl (C=O) groups excluding carboxylic acids is 1. The van der Waals surface area contributed by atoms with E-state index in [4.69, 9.17) is 0 Å². The number of aromatic nitrogens is 4. The molecule has 3 aromatic rings. The Hall–Kier alpha value is -3.49. The van der Waals surface area contributed by atoms with Crippen LogP contribution in [0.3, 0.4) is 0 Å². The van der Waals surface area contributed by atoms with E-state index in [0.29, 0.717) is 18.9 Å². The Labute approximate surface area is 149 Å². The van der Waals surface area contributed by atoms with Crippen LogP contribution in [0.15, 0.2) is 42.7 Å². The summed E-state index contributed by atoms with van der Waals surface area (Å²) in [5.41, 5.74) is 2.94. The molecule has 3 rings (SSSR count). The summed E-state index contributed by atoms with van der Waals surface area (Å²) in [5, 5.41) is 20.4. The SMILES string of the molecule is Cc1nc([N+](=O)[O-])cn1CCC(=O)NCc1ccc(-c2ccn[nH]2)cc1. The van der Waals surface area contributed by atoms with Crippen LogP contribution in [0.2, 0.25) is 0 Å². The van der Waals surface area contributed by atoms with Gasteiger partial charge < -0.3 is 20.0 Å². The van der Waals surface area contributed by atoms with E-state index in [1.165, 1.54) is 6.20 Å². The van der Waals surface area contributed by atoms with Crippen molar-refractivity contribution in [3.63, 3.8) is 0 Å². The molecule has 0 fully saturated rings. The molecule has 0 aliphatic carbocycles. The van der Waals surface area contributed by atoms with E-state index in [1.54, 1.807) is 17.7 Å². The summed E-state index contributed by atoms with van der Waals surface area (Å²) in [6.45, 7) is 2.44. The van der Waals surface area contributed by atoms with Crippen molar-refractivity contribution < 1.29 is 9.72 Å². The van der Waals surface area contributed by atoms with Crippen LogP contribution in [0.4, 0.5) is 5.82 Å². The highest BCUT2D eigenvalue weighted by molar-refractivity contribution is 5.75. The first kappa shape index (κ1) is 17.3. The van der Waals surface area contributed by atoms with Crippen LogP contribution in [-0.4, -0.2) is 30.6 Å². The van der Waals surface area contributed by atoms with Gasteiger partial charge in [-0.1, -0.05) is 24.3 Å². The maximum Gasteiger partial charge on any atom is 0.381 e. The Balaban J connectivity index is 1.49. The minimum atomic E-state index is -0.545. The van der Waals surface area contributed by atoms with Crippen molar-refractivity contribution in [3.05, 3.63) is 64.2 Å². The molecule has 0 radical (unpaired) electrons. The van der Waals surface area contributed by atoms with E-state index >= 15 is 0 Å². The normalized spacial score (nSPS) is 10.7. The minimum Gasteiger partial charge on any atom is -0.358 e. The number of benzene rings is 1. The number of carbonyl (C=O) groups is 1. The van der Waals surface area contributed by atoms with E-state index in [-0.39, 0.29) is 18.1 Å². The zero-order valence-corrected chi connectivity index (χ0v) is 14.2. The summed E-state index contributed by atoms with van der Waals surface area (Å²) in [4.78, 5) is 26.0. The zero-order chi connectivity index (χ0) is 18.5. The molecule has 0 aliphatic heterocycles. The fourth-order valence-corrected chi connectivity index (χ4v) is 2.54. The van der Waals surface area contributed by atoms with Gasteiger partial charge in [0.1, 0.15) is 6.20 Å². The summed E-state index contributed by atoms with van der Waals surface area (Å²) < 4.78 is 1.61. The van der Waals surface area contributed by atoms with Crippen molar-refractivity contribution in [2.45, 2.75) is 26.4 Å². The van der Waals surface area contributed by atoms with Gasteiger partial charge in [-0.15, -0.1) is 0 Å². The number of amides is 1. The van der Waals surface area contributed by atoms with Gasteiger partial charge in [-0.2, -0.15) is 5.10 Å². The van der Waals surface area contributed by atoms with E-state index < -0.39 is 4.92 Å². The molecule has 0 spiro atoms. The van der Waals surface area contributed by atoms with Gasteiger partial charge in [0.2, 0.25) is 11.7 Å². The molecule has 26 heavy (non-hydrogen) atoms. The predicted octanol–water partition coefficient (Wildman–Crippen LogP) is 2.20. The van der Waals surface area contributed by atoms with Crippen LogP contribution >= 0.6 is 0 Å². The molecule has 1 aromatic carbocycles. The molecule has 0 bridgehead atoms. The largest absolute Gasteiger partial charge is 0.381 e. The molecule has 0 unspecified atom stereocenters.